The molecule has 6 heteroatoms. The van der Waals surface area contributed by atoms with Crippen LogP contribution in [0.4, 0.5) is 0 Å². The standard InChI is InChI=1S/C10H14N2O4/c1-6(9(14)15)4-7-5-8(13)12(3)10(16)11(7)2/h5-6H,4H2,1-3H3,(H,14,15). The third kappa shape index (κ3) is 2.21. The maximum atomic E-state index is 11.5. The van der Waals surface area contributed by atoms with Gasteiger partial charge in [0.1, 0.15) is 0 Å². The number of rotatable bonds is 3. The van der Waals surface area contributed by atoms with Gasteiger partial charge in [-0.2, -0.15) is 0 Å². The summed E-state index contributed by atoms with van der Waals surface area (Å²) in [6.07, 6.45) is 0.164. The molecule has 1 N–H and O–H groups in total. The van der Waals surface area contributed by atoms with Gasteiger partial charge in [-0.25, -0.2) is 4.79 Å². The average molecular weight is 226 g/mol. The van der Waals surface area contributed by atoms with E-state index in [4.69, 9.17) is 5.11 Å². The lowest BCUT2D eigenvalue weighted by Gasteiger charge is -2.11. The summed E-state index contributed by atoms with van der Waals surface area (Å²) in [5, 5.41) is 8.76. The van der Waals surface area contributed by atoms with E-state index in [1.54, 1.807) is 0 Å². The van der Waals surface area contributed by atoms with Crippen LogP contribution in [0.1, 0.15) is 12.6 Å². The van der Waals surface area contributed by atoms with Gasteiger partial charge in [0.05, 0.1) is 5.92 Å². The molecule has 1 atom stereocenters. The molecule has 0 spiro atoms. The van der Waals surface area contributed by atoms with Gasteiger partial charge in [0.25, 0.3) is 5.56 Å². The Labute approximate surface area is 91.8 Å². The number of carboxylic acid groups (broad SMARTS) is 1. The summed E-state index contributed by atoms with van der Waals surface area (Å²) in [6.45, 7) is 1.53. The fraction of sp³-hybridized carbons (Fsp3) is 0.500. The van der Waals surface area contributed by atoms with Crippen LogP contribution >= 0.6 is 0 Å². The summed E-state index contributed by atoms with van der Waals surface area (Å²) < 4.78 is 2.27. The summed E-state index contributed by atoms with van der Waals surface area (Å²) in [6, 6.07) is 1.29. The molecule has 0 saturated heterocycles. The maximum Gasteiger partial charge on any atom is 0.330 e. The highest BCUT2D eigenvalue weighted by molar-refractivity contribution is 5.69. The lowest BCUT2D eigenvalue weighted by Crippen LogP contribution is -2.38. The first-order valence-electron chi connectivity index (χ1n) is 4.83. The molecule has 0 aliphatic heterocycles. The van der Waals surface area contributed by atoms with E-state index in [0.29, 0.717) is 5.69 Å². The van der Waals surface area contributed by atoms with Crippen LogP contribution in [0.5, 0.6) is 0 Å². The highest BCUT2D eigenvalue weighted by Gasteiger charge is 2.15. The van der Waals surface area contributed by atoms with Gasteiger partial charge in [0.2, 0.25) is 0 Å². The number of carbonyl (C=O) groups is 1. The van der Waals surface area contributed by atoms with Crippen molar-refractivity contribution in [2.75, 3.05) is 0 Å². The van der Waals surface area contributed by atoms with Crippen molar-refractivity contribution in [1.29, 1.82) is 0 Å². The van der Waals surface area contributed by atoms with Crippen molar-refractivity contribution in [2.45, 2.75) is 13.3 Å². The molecule has 1 aromatic heterocycles. The third-order valence-electron chi connectivity index (χ3n) is 2.56. The normalized spacial score (nSPS) is 12.4. The second-order valence-corrected chi connectivity index (χ2v) is 3.82. The number of hydrogen-bond acceptors (Lipinski definition) is 3. The van der Waals surface area contributed by atoms with Gasteiger partial charge in [-0.15, -0.1) is 0 Å². The molecule has 1 unspecified atom stereocenters. The van der Waals surface area contributed by atoms with Crippen LogP contribution < -0.4 is 11.2 Å². The first-order chi connectivity index (χ1) is 7.34. The summed E-state index contributed by atoms with van der Waals surface area (Å²) in [5.41, 5.74) is -0.432. The minimum atomic E-state index is -0.951. The Bertz CT molecular complexity index is 527. The van der Waals surface area contributed by atoms with E-state index >= 15 is 0 Å². The molecule has 0 amide bonds. The molecule has 0 aliphatic rings. The summed E-state index contributed by atoms with van der Waals surface area (Å²) in [4.78, 5) is 33.6. The number of aliphatic carboxylic acids is 1. The predicted octanol–water partition coefficient (Wildman–Crippen LogP) is -0.653. The Balaban J connectivity index is 3.22. The van der Waals surface area contributed by atoms with Crippen LogP contribution in [0.25, 0.3) is 0 Å². The first-order valence-corrected chi connectivity index (χ1v) is 4.83. The molecule has 0 saturated carbocycles. The molecule has 16 heavy (non-hydrogen) atoms. The van der Waals surface area contributed by atoms with E-state index in [1.807, 2.05) is 0 Å². The largest absolute Gasteiger partial charge is 0.481 e. The quantitative estimate of drug-likeness (QED) is 0.742. The Kier molecular flexibility index (Phi) is 3.31. The Morgan fingerprint density at radius 2 is 1.94 bits per heavy atom. The molecule has 0 aromatic carbocycles. The van der Waals surface area contributed by atoms with Crippen molar-refractivity contribution in [1.82, 2.24) is 9.13 Å². The molecule has 1 rings (SSSR count). The topological polar surface area (TPSA) is 81.3 Å². The molecule has 0 radical (unpaired) electrons. The lowest BCUT2D eigenvalue weighted by molar-refractivity contribution is -0.141. The zero-order valence-corrected chi connectivity index (χ0v) is 9.43. The minimum Gasteiger partial charge on any atom is -0.481 e. The van der Waals surface area contributed by atoms with Crippen LogP contribution in [0.15, 0.2) is 15.7 Å². The third-order valence-corrected chi connectivity index (χ3v) is 2.56. The fourth-order valence-corrected chi connectivity index (χ4v) is 1.38. The maximum absolute atomic E-state index is 11.5. The van der Waals surface area contributed by atoms with Crippen molar-refractivity contribution in [3.05, 3.63) is 32.6 Å². The van der Waals surface area contributed by atoms with Gasteiger partial charge >= 0.3 is 11.7 Å². The monoisotopic (exact) mass is 226 g/mol. The van der Waals surface area contributed by atoms with Crippen molar-refractivity contribution >= 4 is 5.97 Å². The Hall–Kier alpha value is -1.85. The van der Waals surface area contributed by atoms with E-state index in [2.05, 4.69) is 0 Å². The second kappa shape index (κ2) is 4.34. The summed E-state index contributed by atoms with van der Waals surface area (Å²) in [7, 11) is 2.90. The Morgan fingerprint density at radius 3 is 2.44 bits per heavy atom. The van der Waals surface area contributed by atoms with Crippen LogP contribution in [0.2, 0.25) is 0 Å². The van der Waals surface area contributed by atoms with E-state index in [9.17, 15) is 14.4 Å². The van der Waals surface area contributed by atoms with Crippen molar-refractivity contribution in [2.24, 2.45) is 20.0 Å². The zero-order chi connectivity index (χ0) is 12.5. The van der Waals surface area contributed by atoms with Crippen molar-refractivity contribution < 1.29 is 9.90 Å². The first kappa shape index (κ1) is 12.2. The molecule has 6 nitrogen and oxygen atoms in total. The van der Waals surface area contributed by atoms with E-state index < -0.39 is 23.1 Å². The van der Waals surface area contributed by atoms with Crippen LogP contribution in [0, 0.1) is 5.92 Å². The van der Waals surface area contributed by atoms with Crippen molar-refractivity contribution in [3.8, 4) is 0 Å². The molecule has 0 bridgehead atoms. The lowest BCUT2D eigenvalue weighted by atomic mass is 10.1. The van der Waals surface area contributed by atoms with Crippen molar-refractivity contribution in [3.63, 3.8) is 0 Å². The molecule has 0 fully saturated rings. The zero-order valence-electron chi connectivity index (χ0n) is 9.43. The number of nitrogens with zero attached hydrogens (tertiary/aromatic N) is 2. The highest BCUT2D eigenvalue weighted by Crippen LogP contribution is 2.04. The van der Waals surface area contributed by atoms with E-state index in [0.717, 1.165) is 4.57 Å². The highest BCUT2D eigenvalue weighted by atomic mass is 16.4. The molecule has 88 valence electrons. The fourth-order valence-electron chi connectivity index (χ4n) is 1.38. The number of aromatic nitrogens is 2. The summed E-state index contributed by atoms with van der Waals surface area (Å²) >= 11 is 0. The Morgan fingerprint density at radius 1 is 1.38 bits per heavy atom. The minimum absolute atomic E-state index is 0.164. The van der Waals surface area contributed by atoms with Gasteiger partial charge < -0.3 is 9.67 Å². The number of carboxylic acids is 1. The van der Waals surface area contributed by atoms with Gasteiger partial charge in [0.15, 0.2) is 0 Å². The van der Waals surface area contributed by atoms with Crippen LogP contribution in [-0.2, 0) is 25.3 Å². The average Bonchev–Trinajstić information content (AvgIpc) is 2.22. The molecular formula is C10H14N2O4. The van der Waals surface area contributed by atoms with Crippen LogP contribution in [-0.4, -0.2) is 20.2 Å². The SMILES string of the molecule is CC(Cc1cc(=O)n(C)c(=O)n1C)C(=O)O. The van der Waals surface area contributed by atoms with Gasteiger partial charge in [0, 0.05) is 32.3 Å². The van der Waals surface area contributed by atoms with E-state index in [1.165, 1.54) is 31.7 Å². The number of hydrogen-bond donors (Lipinski definition) is 1. The smallest absolute Gasteiger partial charge is 0.330 e. The van der Waals surface area contributed by atoms with Crippen LogP contribution in [0.3, 0.4) is 0 Å². The second-order valence-electron chi connectivity index (χ2n) is 3.82. The van der Waals surface area contributed by atoms with Gasteiger partial charge in [-0.3, -0.25) is 14.2 Å². The molecule has 1 aromatic rings. The summed E-state index contributed by atoms with van der Waals surface area (Å²) in [5.74, 6) is -1.58. The molecule has 0 aliphatic carbocycles. The van der Waals surface area contributed by atoms with Gasteiger partial charge in [-0.1, -0.05) is 6.92 Å². The van der Waals surface area contributed by atoms with E-state index in [-0.39, 0.29) is 6.42 Å². The predicted molar refractivity (Wildman–Crippen MR) is 57.4 cm³/mol. The molecule has 1 heterocycles. The molecular weight excluding hydrogens is 212 g/mol. The van der Waals surface area contributed by atoms with Gasteiger partial charge in [-0.05, 0) is 0 Å².